The molecule has 64 valence electrons. The van der Waals surface area contributed by atoms with Gasteiger partial charge in [-0.1, -0.05) is 0 Å². The Bertz CT molecular complexity index is 340. The number of aryl methyl sites for hydroxylation is 1. The van der Waals surface area contributed by atoms with Crippen molar-refractivity contribution in [1.82, 2.24) is 9.99 Å². The van der Waals surface area contributed by atoms with E-state index in [1.807, 2.05) is 20.0 Å². The molecule has 4 nitrogen and oxygen atoms in total. The van der Waals surface area contributed by atoms with Gasteiger partial charge >= 0.3 is 0 Å². The van der Waals surface area contributed by atoms with Crippen LogP contribution in [0.5, 0.6) is 0 Å². The number of carbonyl (C=O) groups is 1. The third-order valence-corrected chi connectivity index (χ3v) is 2.22. The van der Waals surface area contributed by atoms with Crippen molar-refractivity contribution in [2.45, 2.75) is 13.8 Å². The molecule has 0 aliphatic carbocycles. The standard InChI is InChI=1S/C8H11N3O/c1-5-3-11-7(6(5)2)8(12)9-4-10-11/h3,10H,4H2,1-2H3,(H,9,12). The predicted molar refractivity (Wildman–Crippen MR) is 45.6 cm³/mol. The molecule has 1 aromatic heterocycles. The van der Waals surface area contributed by atoms with Crippen molar-refractivity contribution in [3.8, 4) is 0 Å². The molecular formula is C8H11N3O. The lowest BCUT2D eigenvalue weighted by Gasteiger charge is -2.18. The molecule has 0 atom stereocenters. The van der Waals surface area contributed by atoms with Gasteiger partial charge in [-0.3, -0.25) is 9.47 Å². The van der Waals surface area contributed by atoms with Crippen molar-refractivity contribution in [1.29, 1.82) is 0 Å². The van der Waals surface area contributed by atoms with Gasteiger partial charge in [0.2, 0.25) is 0 Å². The highest BCUT2D eigenvalue weighted by Gasteiger charge is 2.19. The molecule has 2 heterocycles. The second kappa shape index (κ2) is 2.27. The van der Waals surface area contributed by atoms with Gasteiger partial charge in [0.05, 0.1) is 0 Å². The molecule has 0 fully saturated rings. The molecule has 2 rings (SSSR count). The van der Waals surface area contributed by atoms with Crippen LogP contribution in [-0.2, 0) is 0 Å². The summed E-state index contributed by atoms with van der Waals surface area (Å²) in [5, 5.41) is 2.72. The summed E-state index contributed by atoms with van der Waals surface area (Å²) in [5.74, 6) is -0.000602. The highest BCUT2D eigenvalue weighted by atomic mass is 16.2. The fourth-order valence-electron chi connectivity index (χ4n) is 1.42. The van der Waals surface area contributed by atoms with Crippen molar-refractivity contribution in [2.24, 2.45) is 0 Å². The van der Waals surface area contributed by atoms with E-state index in [1.165, 1.54) is 0 Å². The van der Waals surface area contributed by atoms with Crippen molar-refractivity contribution in [3.05, 3.63) is 23.0 Å². The summed E-state index contributed by atoms with van der Waals surface area (Å²) in [5.41, 5.74) is 5.94. The lowest BCUT2D eigenvalue weighted by atomic mass is 10.2. The highest BCUT2D eigenvalue weighted by molar-refractivity contribution is 5.95. The maximum absolute atomic E-state index is 11.3. The second-order valence-electron chi connectivity index (χ2n) is 3.00. The Morgan fingerprint density at radius 1 is 1.50 bits per heavy atom. The first-order valence-corrected chi connectivity index (χ1v) is 3.91. The van der Waals surface area contributed by atoms with Gasteiger partial charge in [0, 0.05) is 6.20 Å². The fraction of sp³-hybridized carbons (Fsp3) is 0.375. The third-order valence-electron chi connectivity index (χ3n) is 2.22. The minimum absolute atomic E-state index is 0.000602. The van der Waals surface area contributed by atoms with E-state index in [0.29, 0.717) is 6.67 Å². The first kappa shape index (κ1) is 7.21. The molecule has 0 bridgehead atoms. The monoisotopic (exact) mass is 165 g/mol. The van der Waals surface area contributed by atoms with Gasteiger partial charge in [0.25, 0.3) is 5.91 Å². The maximum atomic E-state index is 11.3. The molecular weight excluding hydrogens is 154 g/mol. The van der Waals surface area contributed by atoms with E-state index in [4.69, 9.17) is 0 Å². The first-order valence-electron chi connectivity index (χ1n) is 3.91. The smallest absolute Gasteiger partial charge is 0.271 e. The van der Waals surface area contributed by atoms with Gasteiger partial charge in [-0.2, -0.15) is 0 Å². The van der Waals surface area contributed by atoms with E-state index in [0.717, 1.165) is 16.8 Å². The van der Waals surface area contributed by atoms with Crippen LogP contribution in [0.4, 0.5) is 0 Å². The Hall–Kier alpha value is -1.45. The topological polar surface area (TPSA) is 46.1 Å². The van der Waals surface area contributed by atoms with E-state index in [1.54, 1.807) is 4.68 Å². The summed E-state index contributed by atoms with van der Waals surface area (Å²) in [6.07, 6.45) is 1.93. The first-order chi connectivity index (χ1) is 5.70. The van der Waals surface area contributed by atoms with Crippen LogP contribution < -0.4 is 10.7 Å². The van der Waals surface area contributed by atoms with Crippen molar-refractivity contribution in [2.75, 3.05) is 12.1 Å². The summed E-state index contributed by atoms with van der Waals surface area (Å²) >= 11 is 0. The summed E-state index contributed by atoms with van der Waals surface area (Å²) in [6.45, 7) is 4.45. The SMILES string of the molecule is Cc1cn2c(c1C)C(=O)NCN2. The van der Waals surface area contributed by atoms with Crippen molar-refractivity contribution in [3.63, 3.8) is 0 Å². The number of fused-ring (bicyclic) bond motifs is 1. The minimum atomic E-state index is -0.000602. The van der Waals surface area contributed by atoms with E-state index in [-0.39, 0.29) is 5.91 Å². The lowest BCUT2D eigenvalue weighted by Crippen LogP contribution is -2.41. The molecule has 1 aliphatic rings. The van der Waals surface area contributed by atoms with Gasteiger partial charge in [0.15, 0.2) is 0 Å². The average Bonchev–Trinajstić information content (AvgIpc) is 2.29. The molecule has 0 aromatic carbocycles. The number of rotatable bonds is 0. The maximum Gasteiger partial charge on any atom is 0.271 e. The summed E-state index contributed by atoms with van der Waals surface area (Å²) in [7, 11) is 0. The number of nitrogens with one attached hydrogen (secondary N) is 2. The molecule has 0 spiro atoms. The Morgan fingerprint density at radius 3 is 2.92 bits per heavy atom. The molecule has 0 unspecified atom stereocenters. The number of nitrogens with zero attached hydrogens (tertiary/aromatic N) is 1. The van der Waals surface area contributed by atoms with Crippen molar-refractivity contribution >= 4 is 5.91 Å². The minimum Gasteiger partial charge on any atom is -0.332 e. The van der Waals surface area contributed by atoms with Crippen molar-refractivity contribution < 1.29 is 4.79 Å². The van der Waals surface area contributed by atoms with Crippen LogP contribution in [0.2, 0.25) is 0 Å². The van der Waals surface area contributed by atoms with Gasteiger partial charge in [0.1, 0.15) is 12.4 Å². The predicted octanol–water partition coefficient (Wildman–Crippen LogP) is 0.349. The van der Waals surface area contributed by atoms with E-state index in [9.17, 15) is 4.79 Å². The zero-order valence-corrected chi connectivity index (χ0v) is 7.14. The van der Waals surface area contributed by atoms with E-state index in [2.05, 4.69) is 10.7 Å². The molecule has 1 aromatic rings. The number of hydrogen-bond acceptors (Lipinski definition) is 2. The summed E-state index contributed by atoms with van der Waals surface area (Å²) < 4.78 is 1.78. The van der Waals surface area contributed by atoms with Gasteiger partial charge in [-0.05, 0) is 25.0 Å². The Balaban J connectivity index is 2.61. The summed E-state index contributed by atoms with van der Waals surface area (Å²) in [6, 6.07) is 0. The second-order valence-corrected chi connectivity index (χ2v) is 3.00. The van der Waals surface area contributed by atoms with Crippen LogP contribution in [0.15, 0.2) is 6.20 Å². The quantitative estimate of drug-likeness (QED) is 0.582. The molecule has 0 saturated carbocycles. The fourth-order valence-corrected chi connectivity index (χ4v) is 1.42. The molecule has 4 heteroatoms. The third kappa shape index (κ3) is 0.809. The lowest BCUT2D eigenvalue weighted by molar-refractivity contribution is 0.0936. The molecule has 1 aliphatic heterocycles. The van der Waals surface area contributed by atoms with Crippen LogP contribution in [-0.4, -0.2) is 17.3 Å². The number of hydrogen-bond donors (Lipinski definition) is 2. The molecule has 12 heavy (non-hydrogen) atoms. The Labute approximate surface area is 70.5 Å². The zero-order valence-electron chi connectivity index (χ0n) is 7.14. The van der Waals surface area contributed by atoms with Gasteiger partial charge in [-0.25, -0.2) is 0 Å². The summed E-state index contributed by atoms with van der Waals surface area (Å²) in [4.78, 5) is 11.3. The number of carbonyl (C=O) groups excluding carboxylic acids is 1. The van der Waals surface area contributed by atoms with Crippen LogP contribution in [0.1, 0.15) is 21.6 Å². The van der Waals surface area contributed by atoms with Crippen LogP contribution in [0.3, 0.4) is 0 Å². The van der Waals surface area contributed by atoms with Gasteiger partial charge < -0.3 is 10.7 Å². The largest absolute Gasteiger partial charge is 0.332 e. The van der Waals surface area contributed by atoms with Crippen LogP contribution in [0.25, 0.3) is 0 Å². The highest BCUT2D eigenvalue weighted by Crippen LogP contribution is 2.15. The molecule has 0 radical (unpaired) electrons. The van der Waals surface area contributed by atoms with E-state index < -0.39 is 0 Å². The van der Waals surface area contributed by atoms with Crippen LogP contribution >= 0.6 is 0 Å². The molecule has 0 saturated heterocycles. The number of amides is 1. The van der Waals surface area contributed by atoms with Gasteiger partial charge in [-0.15, -0.1) is 0 Å². The Morgan fingerprint density at radius 2 is 2.25 bits per heavy atom. The Kier molecular flexibility index (Phi) is 1.36. The normalized spacial score (nSPS) is 15.0. The molecule has 2 N–H and O–H groups in total. The van der Waals surface area contributed by atoms with Crippen LogP contribution in [0, 0.1) is 13.8 Å². The zero-order chi connectivity index (χ0) is 8.72. The number of aromatic nitrogens is 1. The average molecular weight is 165 g/mol. The van der Waals surface area contributed by atoms with E-state index >= 15 is 0 Å². The molecule has 1 amide bonds.